The lowest BCUT2D eigenvalue weighted by Crippen LogP contribution is -2.07. The summed E-state index contributed by atoms with van der Waals surface area (Å²) in [6, 6.07) is 9.62. The summed E-state index contributed by atoms with van der Waals surface area (Å²) in [6.07, 6.45) is 1.06. The molecule has 1 saturated carbocycles. The lowest BCUT2D eigenvalue weighted by Gasteiger charge is -2.07. The van der Waals surface area contributed by atoms with Crippen LogP contribution in [-0.2, 0) is 4.74 Å². The predicted molar refractivity (Wildman–Crippen MR) is 56.7 cm³/mol. The fourth-order valence-electron chi connectivity index (χ4n) is 2.69. The normalized spacial score (nSPS) is 33.2. The molecule has 3 atom stereocenters. The summed E-state index contributed by atoms with van der Waals surface area (Å²) in [6.45, 7) is 1.62. The van der Waals surface area contributed by atoms with Crippen LogP contribution in [0.3, 0.4) is 0 Å². The topological polar surface area (TPSA) is 26.3 Å². The number of hydrogen-bond donors (Lipinski definition) is 0. The molecule has 2 aliphatic rings. The Kier molecular flexibility index (Phi) is 2.10. The van der Waals surface area contributed by atoms with Gasteiger partial charge in [0.15, 0.2) is 5.78 Å². The van der Waals surface area contributed by atoms with Crippen LogP contribution in [0.2, 0.25) is 0 Å². The number of fused-ring (bicyclic) bond motifs is 1. The second-order valence-corrected chi connectivity index (χ2v) is 4.45. The van der Waals surface area contributed by atoms with Crippen LogP contribution in [0.15, 0.2) is 30.3 Å². The van der Waals surface area contributed by atoms with Crippen molar-refractivity contribution in [2.75, 3.05) is 13.2 Å². The number of hydrogen-bond acceptors (Lipinski definition) is 2. The number of carbonyl (C=O) groups is 1. The summed E-state index contributed by atoms with van der Waals surface area (Å²) >= 11 is 0. The zero-order chi connectivity index (χ0) is 10.3. The van der Waals surface area contributed by atoms with Gasteiger partial charge in [-0.05, 0) is 18.3 Å². The first-order chi connectivity index (χ1) is 7.38. The highest BCUT2D eigenvalue weighted by Gasteiger charge is 2.55. The minimum absolute atomic E-state index is 0.245. The highest BCUT2D eigenvalue weighted by molar-refractivity contribution is 6.00. The Bertz CT molecular complexity index is 359. The van der Waals surface area contributed by atoms with E-state index in [2.05, 4.69) is 0 Å². The van der Waals surface area contributed by atoms with Crippen molar-refractivity contribution in [2.45, 2.75) is 6.42 Å². The number of carbonyl (C=O) groups excluding carboxylic acids is 1. The Morgan fingerprint density at radius 1 is 1.20 bits per heavy atom. The molecule has 1 aromatic carbocycles. The van der Waals surface area contributed by atoms with Gasteiger partial charge >= 0.3 is 0 Å². The third-order valence-corrected chi connectivity index (χ3v) is 3.60. The minimum atomic E-state index is 0.245. The number of rotatable bonds is 2. The Morgan fingerprint density at radius 2 is 2.00 bits per heavy atom. The molecule has 0 N–H and O–H groups in total. The SMILES string of the molecule is O=C(c1ccccc1)[C@H]1[C@@H]2CCOC[C@@H]21. The maximum absolute atomic E-state index is 12.1. The van der Waals surface area contributed by atoms with Gasteiger partial charge in [-0.3, -0.25) is 4.79 Å². The van der Waals surface area contributed by atoms with Crippen LogP contribution in [0.4, 0.5) is 0 Å². The van der Waals surface area contributed by atoms with E-state index in [4.69, 9.17) is 4.74 Å². The number of ether oxygens (including phenoxy) is 1. The van der Waals surface area contributed by atoms with Crippen LogP contribution in [-0.4, -0.2) is 19.0 Å². The second kappa shape index (κ2) is 3.46. The summed E-state index contributed by atoms with van der Waals surface area (Å²) in [4.78, 5) is 12.1. The number of Topliss-reactive ketones (excluding diaryl/α,β-unsaturated/α-hetero) is 1. The lowest BCUT2D eigenvalue weighted by atomic mass is 10.1. The van der Waals surface area contributed by atoms with Gasteiger partial charge in [0, 0.05) is 18.1 Å². The molecule has 1 aromatic rings. The van der Waals surface area contributed by atoms with E-state index < -0.39 is 0 Å². The van der Waals surface area contributed by atoms with Gasteiger partial charge in [-0.15, -0.1) is 0 Å². The van der Waals surface area contributed by atoms with E-state index in [0.29, 0.717) is 17.6 Å². The van der Waals surface area contributed by atoms with Crippen LogP contribution in [0, 0.1) is 17.8 Å². The predicted octanol–water partition coefficient (Wildman–Crippen LogP) is 2.15. The van der Waals surface area contributed by atoms with E-state index >= 15 is 0 Å². The van der Waals surface area contributed by atoms with Crippen molar-refractivity contribution in [3.05, 3.63) is 35.9 Å². The van der Waals surface area contributed by atoms with Gasteiger partial charge in [0.25, 0.3) is 0 Å². The summed E-state index contributed by atoms with van der Waals surface area (Å²) < 4.78 is 5.39. The molecule has 1 aliphatic carbocycles. The molecule has 1 aliphatic heterocycles. The average Bonchev–Trinajstić information content (AvgIpc) is 3.03. The van der Waals surface area contributed by atoms with Gasteiger partial charge in [-0.25, -0.2) is 0 Å². The van der Waals surface area contributed by atoms with Gasteiger partial charge in [-0.2, -0.15) is 0 Å². The van der Waals surface area contributed by atoms with Gasteiger partial charge in [0.1, 0.15) is 0 Å². The minimum Gasteiger partial charge on any atom is -0.381 e. The fourth-order valence-corrected chi connectivity index (χ4v) is 2.69. The van der Waals surface area contributed by atoms with Crippen molar-refractivity contribution in [1.29, 1.82) is 0 Å². The molecule has 0 aromatic heterocycles. The zero-order valence-corrected chi connectivity index (χ0v) is 8.56. The Balaban J connectivity index is 1.77. The Hall–Kier alpha value is -1.15. The van der Waals surface area contributed by atoms with Gasteiger partial charge in [-0.1, -0.05) is 30.3 Å². The van der Waals surface area contributed by atoms with Crippen LogP contribution in [0.25, 0.3) is 0 Å². The fraction of sp³-hybridized carbons (Fsp3) is 0.462. The first kappa shape index (κ1) is 9.10. The molecule has 0 bridgehead atoms. The van der Waals surface area contributed by atoms with E-state index in [9.17, 15) is 4.79 Å². The number of ketones is 1. The molecule has 3 rings (SSSR count). The maximum atomic E-state index is 12.1. The largest absolute Gasteiger partial charge is 0.381 e. The molecular weight excluding hydrogens is 188 g/mol. The van der Waals surface area contributed by atoms with Crippen molar-refractivity contribution < 1.29 is 9.53 Å². The lowest BCUT2D eigenvalue weighted by molar-refractivity contribution is 0.0866. The van der Waals surface area contributed by atoms with Gasteiger partial charge < -0.3 is 4.74 Å². The summed E-state index contributed by atoms with van der Waals surface area (Å²) in [7, 11) is 0. The molecular formula is C13H14O2. The van der Waals surface area contributed by atoms with E-state index in [1.807, 2.05) is 30.3 Å². The van der Waals surface area contributed by atoms with Crippen LogP contribution >= 0.6 is 0 Å². The van der Waals surface area contributed by atoms with Crippen molar-refractivity contribution in [3.63, 3.8) is 0 Å². The molecule has 78 valence electrons. The van der Waals surface area contributed by atoms with E-state index in [1.54, 1.807) is 0 Å². The molecule has 1 heterocycles. The van der Waals surface area contributed by atoms with Crippen LogP contribution < -0.4 is 0 Å². The molecule has 0 radical (unpaired) electrons. The first-order valence-corrected chi connectivity index (χ1v) is 5.55. The van der Waals surface area contributed by atoms with Crippen molar-refractivity contribution in [3.8, 4) is 0 Å². The van der Waals surface area contributed by atoms with Gasteiger partial charge in [0.2, 0.25) is 0 Å². The summed E-state index contributed by atoms with van der Waals surface area (Å²) in [5.74, 6) is 1.67. The van der Waals surface area contributed by atoms with Crippen molar-refractivity contribution in [1.82, 2.24) is 0 Å². The maximum Gasteiger partial charge on any atom is 0.166 e. The molecule has 2 heteroatoms. The zero-order valence-electron chi connectivity index (χ0n) is 8.56. The van der Waals surface area contributed by atoms with E-state index in [0.717, 1.165) is 25.2 Å². The molecule has 0 amide bonds. The highest BCUT2D eigenvalue weighted by Crippen LogP contribution is 2.52. The molecule has 0 unspecified atom stereocenters. The third kappa shape index (κ3) is 1.49. The van der Waals surface area contributed by atoms with Gasteiger partial charge in [0.05, 0.1) is 6.61 Å². The molecule has 15 heavy (non-hydrogen) atoms. The Morgan fingerprint density at radius 3 is 2.67 bits per heavy atom. The van der Waals surface area contributed by atoms with E-state index in [1.165, 1.54) is 0 Å². The van der Waals surface area contributed by atoms with Crippen molar-refractivity contribution >= 4 is 5.78 Å². The molecule has 2 nitrogen and oxygen atoms in total. The second-order valence-electron chi connectivity index (χ2n) is 4.45. The smallest absolute Gasteiger partial charge is 0.166 e. The van der Waals surface area contributed by atoms with Crippen LogP contribution in [0.1, 0.15) is 16.8 Å². The summed E-state index contributed by atoms with van der Waals surface area (Å²) in [5, 5.41) is 0. The highest BCUT2D eigenvalue weighted by atomic mass is 16.5. The Labute approximate surface area is 89.2 Å². The standard InChI is InChI=1S/C13H14O2/c14-13(9-4-2-1-3-5-9)12-10-6-7-15-8-11(10)12/h1-5,10-12H,6-8H2/t10-,11+,12+/m1/s1. The van der Waals surface area contributed by atoms with E-state index in [-0.39, 0.29) is 5.92 Å². The third-order valence-electron chi connectivity index (χ3n) is 3.60. The molecule has 2 fully saturated rings. The average molecular weight is 202 g/mol. The van der Waals surface area contributed by atoms with Crippen molar-refractivity contribution in [2.24, 2.45) is 17.8 Å². The van der Waals surface area contributed by atoms with Crippen LogP contribution in [0.5, 0.6) is 0 Å². The number of benzene rings is 1. The summed E-state index contributed by atoms with van der Waals surface area (Å²) in [5.41, 5.74) is 0.858. The monoisotopic (exact) mass is 202 g/mol. The molecule has 1 saturated heterocycles. The first-order valence-electron chi connectivity index (χ1n) is 5.55. The molecule has 0 spiro atoms. The quantitative estimate of drug-likeness (QED) is 0.687.